The fourth-order valence-electron chi connectivity index (χ4n) is 1.98. The number of aryl methyl sites for hydroxylation is 2. The molecule has 1 heterocycles. The molecule has 5 nitrogen and oxygen atoms in total. The minimum Gasteiger partial charge on any atom is -1.00 e. The van der Waals surface area contributed by atoms with Crippen LogP contribution in [0, 0.1) is 6.92 Å². The van der Waals surface area contributed by atoms with Gasteiger partial charge in [-0.25, -0.2) is 4.57 Å². The van der Waals surface area contributed by atoms with Gasteiger partial charge in [-0.3, -0.25) is 9.59 Å². The van der Waals surface area contributed by atoms with E-state index in [-0.39, 0.29) is 35.3 Å². The molecule has 0 aliphatic carbocycles. The topological polar surface area (TPSA) is 50.5 Å². The standard InChI is InChI=1S/C16H25N2O3.BrH/c1-4-18(13-9-16(20)21-5-2)15(19)8-12-17-10-6-14(3)7-11-17;/h6-7,10-11H,4-5,8-9,12-13H2,1-3H3;1H/q+1;/p-1. The van der Waals surface area contributed by atoms with E-state index in [0.29, 0.717) is 32.7 Å². The van der Waals surface area contributed by atoms with Gasteiger partial charge in [-0.1, -0.05) is 0 Å². The van der Waals surface area contributed by atoms with Crippen molar-refractivity contribution in [1.82, 2.24) is 4.90 Å². The van der Waals surface area contributed by atoms with E-state index in [0.717, 1.165) is 0 Å². The van der Waals surface area contributed by atoms with E-state index in [1.54, 1.807) is 11.8 Å². The van der Waals surface area contributed by atoms with Gasteiger partial charge < -0.3 is 26.6 Å². The third-order valence-corrected chi connectivity index (χ3v) is 3.27. The summed E-state index contributed by atoms with van der Waals surface area (Å²) in [5.74, 6) is -0.188. The van der Waals surface area contributed by atoms with Crippen molar-refractivity contribution in [2.24, 2.45) is 0 Å². The van der Waals surface area contributed by atoms with E-state index in [1.807, 2.05) is 42.9 Å². The van der Waals surface area contributed by atoms with E-state index in [2.05, 4.69) is 0 Å². The lowest BCUT2D eigenvalue weighted by molar-refractivity contribution is -0.696. The number of aromatic nitrogens is 1. The van der Waals surface area contributed by atoms with Crippen molar-refractivity contribution in [2.75, 3.05) is 19.7 Å². The maximum Gasteiger partial charge on any atom is 0.307 e. The molecule has 1 aromatic rings. The summed E-state index contributed by atoms with van der Waals surface area (Å²) < 4.78 is 6.87. The molecule has 6 heteroatoms. The van der Waals surface area contributed by atoms with Gasteiger partial charge in [-0.15, -0.1) is 0 Å². The van der Waals surface area contributed by atoms with E-state index < -0.39 is 0 Å². The molecule has 0 saturated carbocycles. The van der Waals surface area contributed by atoms with Crippen molar-refractivity contribution in [3.8, 4) is 0 Å². The summed E-state index contributed by atoms with van der Waals surface area (Å²) in [5.41, 5.74) is 1.20. The Kier molecular flexibility index (Phi) is 10.5. The van der Waals surface area contributed by atoms with E-state index in [9.17, 15) is 9.59 Å². The Labute approximate surface area is 143 Å². The maximum atomic E-state index is 12.1. The van der Waals surface area contributed by atoms with Crippen LogP contribution >= 0.6 is 0 Å². The molecule has 0 radical (unpaired) electrons. The first-order valence-electron chi connectivity index (χ1n) is 7.46. The predicted molar refractivity (Wildman–Crippen MR) is 79.5 cm³/mol. The Morgan fingerprint density at radius 3 is 2.36 bits per heavy atom. The highest BCUT2D eigenvalue weighted by molar-refractivity contribution is 5.77. The van der Waals surface area contributed by atoms with Gasteiger partial charge in [0.2, 0.25) is 5.91 Å². The van der Waals surface area contributed by atoms with Gasteiger partial charge in [-0.05, 0) is 26.3 Å². The lowest BCUT2D eigenvalue weighted by Crippen LogP contribution is -3.00. The molecular weight excluding hydrogens is 348 g/mol. The van der Waals surface area contributed by atoms with Crippen molar-refractivity contribution in [1.29, 1.82) is 0 Å². The van der Waals surface area contributed by atoms with Crippen LogP contribution in [0.4, 0.5) is 0 Å². The van der Waals surface area contributed by atoms with Gasteiger partial charge in [-0.2, -0.15) is 0 Å². The predicted octanol–water partition coefficient (Wildman–Crippen LogP) is -1.52. The van der Waals surface area contributed by atoms with Crippen molar-refractivity contribution in [3.63, 3.8) is 0 Å². The molecule has 0 saturated heterocycles. The van der Waals surface area contributed by atoms with Gasteiger partial charge in [0.05, 0.1) is 19.4 Å². The molecule has 0 atom stereocenters. The highest BCUT2D eigenvalue weighted by Crippen LogP contribution is 1.99. The smallest absolute Gasteiger partial charge is 0.307 e. The fraction of sp³-hybridized carbons (Fsp3) is 0.562. The van der Waals surface area contributed by atoms with E-state index >= 15 is 0 Å². The Bertz CT molecular complexity index is 463. The summed E-state index contributed by atoms with van der Waals surface area (Å²) in [7, 11) is 0. The fourth-order valence-corrected chi connectivity index (χ4v) is 1.98. The second-order valence-electron chi connectivity index (χ2n) is 4.89. The summed E-state index contributed by atoms with van der Waals surface area (Å²) in [6.45, 7) is 7.78. The second kappa shape index (κ2) is 11.2. The van der Waals surface area contributed by atoms with Gasteiger partial charge in [0.1, 0.15) is 0 Å². The number of halogens is 1. The molecule has 0 unspecified atom stereocenters. The zero-order chi connectivity index (χ0) is 15.7. The number of hydrogen-bond acceptors (Lipinski definition) is 3. The van der Waals surface area contributed by atoms with Gasteiger partial charge in [0.25, 0.3) is 0 Å². The number of rotatable bonds is 8. The number of carbonyl (C=O) groups excluding carboxylic acids is 2. The first kappa shape index (κ1) is 20.6. The van der Waals surface area contributed by atoms with Crippen molar-refractivity contribution >= 4 is 11.9 Å². The Balaban J connectivity index is 0.00000441. The SMILES string of the molecule is CCOC(=O)CCN(CC)C(=O)CC[n+]1ccc(C)cc1.[Br-]. The lowest BCUT2D eigenvalue weighted by Gasteiger charge is -2.19. The van der Waals surface area contributed by atoms with Crippen LogP contribution in [0.3, 0.4) is 0 Å². The summed E-state index contributed by atoms with van der Waals surface area (Å²) >= 11 is 0. The van der Waals surface area contributed by atoms with Crippen LogP contribution in [0.25, 0.3) is 0 Å². The number of hydrogen-bond donors (Lipinski definition) is 0. The quantitative estimate of drug-likeness (QED) is 0.411. The molecule has 0 fully saturated rings. The number of carbonyl (C=O) groups is 2. The zero-order valence-corrected chi connectivity index (χ0v) is 15.1. The van der Waals surface area contributed by atoms with Crippen LogP contribution < -0.4 is 21.5 Å². The minimum absolute atomic E-state index is 0. The minimum atomic E-state index is -0.253. The number of nitrogens with zero attached hydrogens (tertiary/aromatic N) is 2. The van der Waals surface area contributed by atoms with E-state index in [4.69, 9.17) is 4.74 Å². The summed E-state index contributed by atoms with van der Waals surface area (Å²) in [6, 6.07) is 4.03. The number of esters is 1. The normalized spacial score (nSPS) is 9.77. The van der Waals surface area contributed by atoms with Crippen LogP contribution in [0.15, 0.2) is 24.5 Å². The van der Waals surface area contributed by atoms with Crippen LogP contribution in [-0.4, -0.2) is 36.5 Å². The Morgan fingerprint density at radius 1 is 1.18 bits per heavy atom. The number of ether oxygens (including phenoxy) is 1. The van der Waals surface area contributed by atoms with Crippen LogP contribution in [-0.2, 0) is 20.9 Å². The van der Waals surface area contributed by atoms with Crippen molar-refractivity contribution in [3.05, 3.63) is 30.1 Å². The first-order chi connectivity index (χ1) is 10.1. The van der Waals surface area contributed by atoms with Gasteiger partial charge in [0, 0.05) is 25.2 Å². The van der Waals surface area contributed by atoms with E-state index in [1.165, 1.54) is 5.56 Å². The van der Waals surface area contributed by atoms with Crippen molar-refractivity contribution < 1.29 is 35.9 Å². The summed E-state index contributed by atoms with van der Waals surface area (Å²) in [4.78, 5) is 25.2. The van der Waals surface area contributed by atoms with Crippen LogP contribution in [0.1, 0.15) is 32.3 Å². The summed E-state index contributed by atoms with van der Waals surface area (Å²) in [5, 5.41) is 0. The third kappa shape index (κ3) is 7.54. The highest BCUT2D eigenvalue weighted by Gasteiger charge is 2.15. The molecule has 0 aliphatic heterocycles. The molecule has 124 valence electrons. The third-order valence-electron chi connectivity index (χ3n) is 3.27. The number of pyridine rings is 1. The zero-order valence-electron chi connectivity index (χ0n) is 13.5. The van der Waals surface area contributed by atoms with Gasteiger partial charge >= 0.3 is 5.97 Å². The monoisotopic (exact) mass is 372 g/mol. The number of amides is 1. The van der Waals surface area contributed by atoms with Crippen LogP contribution in [0.2, 0.25) is 0 Å². The first-order valence-corrected chi connectivity index (χ1v) is 7.46. The molecule has 0 spiro atoms. The molecule has 0 bridgehead atoms. The average Bonchev–Trinajstić information content (AvgIpc) is 2.47. The second-order valence-corrected chi connectivity index (χ2v) is 4.89. The molecule has 0 aliphatic rings. The molecule has 1 amide bonds. The largest absolute Gasteiger partial charge is 1.00 e. The van der Waals surface area contributed by atoms with Gasteiger partial charge in [0.15, 0.2) is 18.9 Å². The molecular formula is C16H25BrN2O3. The van der Waals surface area contributed by atoms with Crippen LogP contribution in [0.5, 0.6) is 0 Å². The van der Waals surface area contributed by atoms with Crippen molar-refractivity contribution in [2.45, 2.75) is 40.2 Å². The molecule has 1 aromatic heterocycles. The maximum absolute atomic E-state index is 12.1. The highest BCUT2D eigenvalue weighted by atomic mass is 79.9. The Morgan fingerprint density at radius 2 is 1.82 bits per heavy atom. The Hall–Kier alpha value is -1.43. The molecule has 0 N–H and O–H groups in total. The average molecular weight is 373 g/mol. The lowest BCUT2D eigenvalue weighted by atomic mass is 10.3. The molecule has 1 rings (SSSR count). The molecule has 0 aromatic carbocycles. The summed E-state index contributed by atoms with van der Waals surface area (Å²) in [6.07, 6.45) is 4.63. The molecule has 22 heavy (non-hydrogen) atoms.